The van der Waals surface area contributed by atoms with E-state index in [1.54, 1.807) is 12.1 Å². The maximum atomic E-state index is 11.1. The molecule has 2 fully saturated rings. The highest BCUT2D eigenvalue weighted by atomic mass is 16.6. The van der Waals surface area contributed by atoms with Gasteiger partial charge in [0.15, 0.2) is 5.75 Å². The second-order valence-corrected chi connectivity index (χ2v) is 6.87. The van der Waals surface area contributed by atoms with Gasteiger partial charge in [-0.05, 0) is 37.2 Å². The smallest absolute Gasteiger partial charge is 0.407 e. The van der Waals surface area contributed by atoms with Gasteiger partial charge in [0.05, 0.1) is 12.0 Å². The number of methoxy groups -OCH3 is 1. The number of nitrogens with zero attached hydrogens (tertiary/aromatic N) is 3. The SMILES string of the molecule is COc1cc(N2CCC3(CCN(C(=O)O)CC3)CC2)ccc1[N+](=O)[O-]. The average molecular weight is 349 g/mol. The molecule has 1 spiro atoms. The summed E-state index contributed by atoms with van der Waals surface area (Å²) in [6.45, 7) is 2.96. The summed E-state index contributed by atoms with van der Waals surface area (Å²) in [5.41, 5.74) is 1.13. The highest BCUT2D eigenvalue weighted by Gasteiger charge is 2.38. The fourth-order valence-corrected chi connectivity index (χ4v) is 3.93. The van der Waals surface area contributed by atoms with Gasteiger partial charge in [-0.15, -0.1) is 0 Å². The third-order valence-electron chi connectivity index (χ3n) is 5.64. The van der Waals surface area contributed by atoms with Gasteiger partial charge in [-0.3, -0.25) is 10.1 Å². The zero-order chi connectivity index (χ0) is 18.0. The number of ether oxygens (including phenoxy) is 1. The van der Waals surface area contributed by atoms with Crippen molar-refractivity contribution in [2.24, 2.45) is 5.41 Å². The first-order valence-corrected chi connectivity index (χ1v) is 8.49. The number of amides is 1. The number of likely N-dealkylation sites (tertiary alicyclic amines) is 1. The Balaban J connectivity index is 1.65. The van der Waals surface area contributed by atoms with Crippen LogP contribution in [0.15, 0.2) is 18.2 Å². The van der Waals surface area contributed by atoms with Crippen LogP contribution in [-0.2, 0) is 0 Å². The number of rotatable bonds is 3. The van der Waals surface area contributed by atoms with Gasteiger partial charge < -0.3 is 19.6 Å². The van der Waals surface area contributed by atoms with Crippen LogP contribution in [-0.4, -0.2) is 54.3 Å². The molecule has 1 aromatic rings. The number of hydrogen-bond donors (Lipinski definition) is 1. The molecule has 0 aliphatic carbocycles. The lowest BCUT2D eigenvalue weighted by Crippen LogP contribution is -2.48. The summed E-state index contributed by atoms with van der Waals surface area (Å²) < 4.78 is 5.15. The lowest BCUT2D eigenvalue weighted by molar-refractivity contribution is -0.385. The number of anilines is 1. The third-order valence-corrected chi connectivity index (χ3v) is 5.64. The highest BCUT2D eigenvalue weighted by molar-refractivity contribution is 5.65. The fourth-order valence-electron chi connectivity index (χ4n) is 3.93. The van der Waals surface area contributed by atoms with E-state index in [1.165, 1.54) is 18.1 Å². The lowest BCUT2D eigenvalue weighted by Gasteiger charge is -2.46. The first-order valence-electron chi connectivity index (χ1n) is 8.49. The van der Waals surface area contributed by atoms with Crippen molar-refractivity contribution < 1.29 is 19.6 Å². The zero-order valence-electron chi connectivity index (χ0n) is 14.3. The number of carboxylic acid groups (broad SMARTS) is 1. The molecule has 25 heavy (non-hydrogen) atoms. The third kappa shape index (κ3) is 3.47. The fraction of sp³-hybridized carbons (Fsp3) is 0.588. The van der Waals surface area contributed by atoms with Gasteiger partial charge in [0.2, 0.25) is 0 Å². The molecule has 0 saturated carbocycles. The number of nitro benzene ring substituents is 1. The Morgan fingerprint density at radius 3 is 2.32 bits per heavy atom. The molecule has 1 aromatic carbocycles. The average Bonchev–Trinajstić information content (AvgIpc) is 2.62. The standard InChI is InChI=1S/C17H23N3O5/c1-25-15-12-13(2-3-14(15)20(23)24)18-8-4-17(5-9-18)6-10-19(11-7-17)16(21)22/h2-3,12H,4-11H2,1H3,(H,21,22). The van der Waals surface area contributed by atoms with Crippen molar-refractivity contribution in [3.05, 3.63) is 28.3 Å². The van der Waals surface area contributed by atoms with E-state index in [0.29, 0.717) is 13.1 Å². The van der Waals surface area contributed by atoms with E-state index < -0.39 is 11.0 Å². The molecule has 0 aromatic heterocycles. The number of nitro groups is 1. The predicted molar refractivity (Wildman–Crippen MR) is 92.4 cm³/mol. The summed E-state index contributed by atoms with van der Waals surface area (Å²) in [6.07, 6.45) is 3.03. The normalized spacial score (nSPS) is 19.7. The van der Waals surface area contributed by atoms with Gasteiger partial charge in [-0.25, -0.2) is 4.79 Å². The summed E-state index contributed by atoms with van der Waals surface area (Å²) in [6, 6.07) is 4.98. The topological polar surface area (TPSA) is 96.2 Å². The molecule has 1 N–H and O–H groups in total. The zero-order valence-corrected chi connectivity index (χ0v) is 14.3. The molecule has 2 heterocycles. The Hall–Kier alpha value is -2.51. The Kier molecular flexibility index (Phi) is 4.69. The van der Waals surface area contributed by atoms with Crippen LogP contribution in [0.2, 0.25) is 0 Å². The summed E-state index contributed by atoms with van der Waals surface area (Å²) in [5, 5.41) is 20.1. The van der Waals surface area contributed by atoms with Crippen LogP contribution in [0.25, 0.3) is 0 Å². The second kappa shape index (κ2) is 6.78. The van der Waals surface area contributed by atoms with Gasteiger partial charge in [0, 0.05) is 44.0 Å². The van der Waals surface area contributed by atoms with Crippen molar-refractivity contribution in [3.8, 4) is 5.75 Å². The van der Waals surface area contributed by atoms with Gasteiger partial charge >= 0.3 is 11.8 Å². The number of hydrogen-bond acceptors (Lipinski definition) is 5. The summed E-state index contributed by atoms with van der Waals surface area (Å²) in [4.78, 5) is 25.3. The van der Waals surface area contributed by atoms with Crippen molar-refractivity contribution in [2.75, 3.05) is 38.2 Å². The Morgan fingerprint density at radius 2 is 1.80 bits per heavy atom. The molecule has 8 nitrogen and oxygen atoms in total. The molecular weight excluding hydrogens is 326 g/mol. The van der Waals surface area contributed by atoms with Gasteiger partial charge in [-0.1, -0.05) is 0 Å². The molecule has 2 aliphatic rings. The molecule has 0 atom stereocenters. The van der Waals surface area contributed by atoms with Gasteiger partial charge in [0.1, 0.15) is 0 Å². The minimum absolute atomic E-state index is 0.0271. The predicted octanol–water partition coefficient (Wildman–Crippen LogP) is 2.96. The van der Waals surface area contributed by atoms with Gasteiger partial charge in [0.25, 0.3) is 0 Å². The van der Waals surface area contributed by atoms with Crippen molar-refractivity contribution in [3.63, 3.8) is 0 Å². The summed E-state index contributed by atoms with van der Waals surface area (Å²) in [5.74, 6) is 0.276. The van der Waals surface area contributed by atoms with E-state index in [9.17, 15) is 14.9 Å². The Morgan fingerprint density at radius 1 is 1.20 bits per heavy atom. The second-order valence-electron chi connectivity index (χ2n) is 6.87. The first-order chi connectivity index (χ1) is 11.9. The van der Waals surface area contributed by atoms with E-state index in [2.05, 4.69) is 4.90 Å². The van der Waals surface area contributed by atoms with Crippen LogP contribution >= 0.6 is 0 Å². The minimum Gasteiger partial charge on any atom is -0.490 e. The minimum atomic E-state index is -0.828. The number of carbonyl (C=O) groups is 1. The van der Waals surface area contributed by atoms with E-state index in [0.717, 1.165) is 44.5 Å². The molecule has 0 radical (unpaired) electrons. The first kappa shape index (κ1) is 17.3. The molecule has 0 unspecified atom stereocenters. The van der Waals surface area contributed by atoms with Crippen LogP contribution < -0.4 is 9.64 Å². The van der Waals surface area contributed by atoms with Crippen LogP contribution in [0, 0.1) is 15.5 Å². The van der Waals surface area contributed by atoms with E-state index in [4.69, 9.17) is 9.84 Å². The Bertz CT molecular complexity index is 660. The largest absolute Gasteiger partial charge is 0.490 e. The quantitative estimate of drug-likeness (QED) is 0.666. The molecule has 8 heteroatoms. The van der Waals surface area contributed by atoms with Crippen LogP contribution in [0.1, 0.15) is 25.7 Å². The summed E-state index contributed by atoms with van der Waals surface area (Å²) >= 11 is 0. The highest BCUT2D eigenvalue weighted by Crippen LogP contribution is 2.43. The van der Waals surface area contributed by atoms with Crippen LogP contribution in [0.4, 0.5) is 16.2 Å². The van der Waals surface area contributed by atoms with Crippen molar-refractivity contribution >= 4 is 17.5 Å². The van der Waals surface area contributed by atoms with E-state index in [-0.39, 0.29) is 16.9 Å². The van der Waals surface area contributed by atoms with Crippen LogP contribution in [0.5, 0.6) is 5.75 Å². The van der Waals surface area contributed by atoms with Crippen molar-refractivity contribution in [1.82, 2.24) is 4.90 Å². The molecule has 3 rings (SSSR count). The molecule has 1 amide bonds. The lowest BCUT2D eigenvalue weighted by atomic mass is 9.71. The molecule has 2 saturated heterocycles. The Labute approximate surface area is 146 Å². The van der Waals surface area contributed by atoms with Crippen molar-refractivity contribution in [1.29, 1.82) is 0 Å². The number of benzene rings is 1. The molecule has 2 aliphatic heterocycles. The summed E-state index contributed by atoms with van der Waals surface area (Å²) in [7, 11) is 1.44. The number of piperidine rings is 2. The van der Waals surface area contributed by atoms with Crippen molar-refractivity contribution in [2.45, 2.75) is 25.7 Å². The maximum absolute atomic E-state index is 11.1. The van der Waals surface area contributed by atoms with E-state index in [1.807, 2.05) is 0 Å². The maximum Gasteiger partial charge on any atom is 0.407 e. The van der Waals surface area contributed by atoms with Gasteiger partial charge in [-0.2, -0.15) is 0 Å². The molecule has 136 valence electrons. The van der Waals surface area contributed by atoms with E-state index >= 15 is 0 Å². The molecule has 0 bridgehead atoms. The molecular formula is C17H23N3O5. The monoisotopic (exact) mass is 349 g/mol. The van der Waals surface area contributed by atoms with Crippen LogP contribution in [0.3, 0.4) is 0 Å².